The summed E-state index contributed by atoms with van der Waals surface area (Å²) in [5.74, 6) is 2.68. The van der Waals surface area contributed by atoms with Gasteiger partial charge >= 0.3 is 0 Å². The molecule has 3 aliphatic rings. The molecular weight excluding hydrogens is 288 g/mol. The van der Waals surface area contributed by atoms with Gasteiger partial charge in [0, 0.05) is 26.2 Å². The van der Waals surface area contributed by atoms with Crippen molar-refractivity contribution in [3.05, 3.63) is 0 Å². The second-order valence-corrected chi connectivity index (χ2v) is 7.22. The summed E-state index contributed by atoms with van der Waals surface area (Å²) < 4.78 is 5.23. The van der Waals surface area contributed by atoms with Crippen molar-refractivity contribution in [3.8, 4) is 0 Å². The molecule has 3 fully saturated rings. The standard InChI is InChI=1S/C15H24N2O3S/c18-14(16-4-6-20-7-5-16)10-21-11-15(19)17-8-12-2-1-3-13(12)9-17/h12-13H,1-11H2. The van der Waals surface area contributed by atoms with Gasteiger partial charge in [0.2, 0.25) is 11.8 Å². The van der Waals surface area contributed by atoms with Gasteiger partial charge in [-0.1, -0.05) is 6.42 Å². The molecule has 6 heteroatoms. The fourth-order valence-corrected chi connectivity index (χ4v) is 4.48. The van der Waals surface area contributed by atoms with Crippen molar-refractivity contribution in [1.82, 2.24) is 9.80 Å². The van der Waals surface area contributed by atoms with Crippen LogP contribution in [0.15, 0.2) is 0 Å². The van der Waals surface area contributed by atoms with E-state index in [1.54, 1.807) is 0 Å². The van der Waals surface area contributed by atoms with Gasteiger partial charge in [0.25, 0.3) is 0 Å². The van der Waals surface area contributed by atoms with Gasteiger partial charge in [-0.05, 0) is 24.7 Å². The maximum Gasteiger partial charge on any atom is 0.232 e. The Morgan fingerprint density at radius 3 is 2.14 bits per heavy atom. The molecule has 1 aliphatic carbocycles. The van der Waals surface area contributed by atoms with Crippen molar-refractivity contribution in [1.29, 1.82) is 0 Å². The van der Waals surface area contributed by atoms with E-state index in [0.717, 1.165) is 24.9 Å². The topological polar surface area (TPSA) is 49.9 Å². The summed E-state index contributed by atoms with van der Waals surface area (Å²) in [4.78, 5) is 28.0. The molecule has 2 unspecified atom stereocenters. The Labute approximate surface area is 130 Å². The molecule has 0 bridgehead atoms. The zero-order valence-corrected chi connectivity index (χ0v) is 13.3. The van der Waals surface area contributed by atoms with Crippen molar-refractivity contribution in [3.63, 3.8) is 0 Å². The number of carbonyl (C=O) groups excluding carboxylic acids is 2. The van der Waals surface area contributed by atoms with E-state index in [1.807, 2.05) is 9.80 Å². The van der Waals surface area contributed by atoms with E-state index < -0.39 is 0 Å². The Kier molecular flexibility index (Phi) is 5.06. The second kappa shape index (κ2) is 7.01. The molecule has 0 radical (unpaired) electrons. The van der Waals surface area contributed by atoms with Gasteiger partial charge in [-0.2, -0.15) is 0 Å². The van der Waals surface area contributed by atoms with Crippen molar-refractivity contribution in [2.45, 2.75) is 19.3 Å². The van der Waals surface area contributed by atoms with Gasteiger partial charge in [0.1, 0.15) is 0 Å². The number of nitrogens with zero attached hydrogens (tertiary/aromatic N) is 2. The van der Waals surface area contributed by atoms with E-state index in [2.05, 4.69) is 0 Å². The van der Waals surface area contributed by atoms with Crippen LogP contribution >= 0.6 is 11.8 Å². The third-order valence-electron chi connectivity index (χ3n) is 4.89. The van der Waals surface area contributed by atoms with Crippen LogP contribution in [0.3, 0.4) is 0 Å². The number of carbonyl (C=O) groups is 2. The summed E-state index contributed by atoms with van der Waals surface area (Å²) in [5, 5.41) is 0. The Bertz CT molecular complexity index is 386. The highest BCUT2D eigenvalue weighted by Gasteiger charge is 2.37. The van der Waals surface area contributed by atoms with E-state index >= 15 is 0 Å². The third kappa shape index (κ3) is 3.72. The summed E-state index contributed by atoms with van der Waals surface area (Å²) in [6.45, 7) is 4.52. The predicted molar refractivity (Wildman–Crippen MR) is 82.1 cm³/mol. The SMILES string of the molecule is O=C(CSCC(=O)N1CC2CCCC2C1)N1CCOCC1. The average Bonchev–Trinajstić information content (AvgIpc) is 3.09. The van der Waals surface area contributed by atoms with Gasteiger partial charge in [0.05, 0.1) is 24.7 Å². The number of ether oxygens (including phenoxy) is 1. The summed E-state index contributed by atoms with van der Waals surface area (Å²) in [5.41, 5.74) is 0. The number of hydrogen-bond donors (Lipinski definition) is 0. The Hall–Kier alpha value is -0.750. The Morgan fingerprint density at radius 1 is 0.952 bits per heavy atom. The highest BCUT2D eigenvalue weighted by atomic mass is 32.2. The van der Waals surface area contributed by atoms with Crippen molar-refractivity contribution in [2.75, 3.05) is 50.9 Å². The fraction of sp³-hybridized carbons (Fsp3) is 0.867. The molecule has 118 valence electrons. The largest absolute Gasteiger partial charge is 0.378 e. The molecule has 5 nitrogen and oxygen atoms in total. The first-order chi connectivity index (χ1) is 10.2. The molecular formula is C15H24N2O3S. The number of fused-ring (bicyclic) bond motifs is 1. The van der Waals surface area contributed by atoms with E-state index in [-0.39, 0.29) is 11.8 Å². The lowest BCUT2D eigenvalue weighted by molar-refractivity contribution is -0.132. The molecule has 3 rings (SSSR count). The Balaban J connectivity index is 1.35. The lowest BCUT2D eigenvalue weighted by Crippen LogP contribution is -2.41. The zero-order valence-electron chi connectivity index (χ0n) is 12.5. The molecule has 0 aromatic carbocycles. The lowest BCUT2D eigenvalue weighted by atomic mass is 10.0. The van der Waals surface area contributed by atoms with Crippen LogP contribution in [-0.2, 0) is 14.3 Å². The van der Waals surface area contributed by atoms with Crippen LogP contribution in [-0.4, -0.2) is 72.5 Å². The lowest BCUT2D eigenvalue weighted by Gasteiger charge is -2.26. The van der Waals surface area contributed by atoms with Crippen LogP contribution in [0, 0.1) is 11.8 Å². The molecule has 0 aromatic heterocycles. The molecule has 2 aliphatic heterocycles. The Morgan fingerprint density at radius 2 is 1.52 bits per heavy atom. The molecule has 21 heavy (non-hydrogen) atoms. The number of amides is 2. The summed E-state index contributed by atoms with van der Waals surface area (Å²) >= 11 is 1.45. The smallest absolute Gasteiger partial charge is 0.232 e. The fourth-order valence-electron chi connectivity index (χ4n) is 3.66. The van der Waals surface area contributed by atoms with Gasteiger partial charge < -0.3 is 14.5 Å². The third-order valence-corrected chi connectivity index (χ3v) is 5.80. The first kappa shape index (κ1) is 15.2. The minimum atomic E-state index is 0.134. The summed E-state index contributed by atoms with van der Waals surface area (Å²) in [7, 11) is 0. The first-order valence-corrected chi connectivity index (χ1v) is 9.10. The molecule has 0 spiro atoms. The number of thioether (sulfide) groups is 1. The molecule has 2 amide bonds. The highest BCUT2D eigenvalue weighted by molar-refractivity contribution is 8.00. The van der Waals surface area contributed by atoms with E-state index in [4.69, 9.17) is 4.74 Å². The van der Waals surface area contributed by atoms with Gasteiger partial charge in [-0.3, -0.25) is 9.59 Å². The molecule has 0 N–H and O–H groups in total. The van der Waals surface area contributed by atoms with Crippen LogP contribution in [0.5, 0.6) is 0 Å². The summed E-state index contributed by atoms with van der Waals surface area (Å²) in [6, 6.07) is 0. The van der Waals surface area contributed by atoms with Gasteiger partial charge in [-0.25, -0.2) is 0 Å². The van der Waals surface area contributed by atoms with Crippen LogP contribution in [0.2, 0.25) is 0 Å². The minimum Gasteiger partial charge on any atom is -0.378 e. The predicted octanol–water partition coefficient (Wildman–Crippen LogP) is 0.837. The normalized spacial score (nSPS) is 28.8. The highest BCUT2D eigenvalue weighted by Crippen LogP contribution is 2.37. The second-order valence-electron chi connectivity index (χ2n) is 6.24. The maximum absolute atomic E-state index is 12.2. The number of morpholine rings is 1. The number of hydrogen-bond acceptors (Lipinski definition) is 4. The molecule has 0 aromatic rings. The first-order valence-electron chi connectivity index (χ1n) is 7.95. The van der Waals surface area contributed by atoms with Crippen LogP contribution in [0.4, 0.5) is 0 Å². The van der Waals surface area contributed by atoms with E-state index in [1.165, 1.54) is 31.0 Å². The monoisotopic (exact) mass is 312 g/mol. The van der Waals surface area contributed by atoms with Crippen molar-refractivity contribution in [2.24, 2.45) is 11.8 Å². The zero-order chi connectivity index (χ0) is 14.7. The van der Waals surface area contributed by atoms with E-state index in [9.17, 15) is 9.59 Å². The molecule has 1 saturated carbocycles. The van der Waals surface area contributed by atoms with E-state index in [0.29, 0.717) is 37.8 Å². The molecule has 2 atom stereocenters. The molecule has 2 heterocycles. The minimum absolute atomic E-state index is 0.134. The van der Waals surface area contributed by atoms with Gasteiger partial charge in [-0.15, -0.1) is 11.8 Å². The molecule has 2 saturated heterocycles. The van der Waals surface area contributed by atoms with Crippen LogP contribution in [0.25, 0.3) is 0 Å². The quantitative estimate of drug-likeness (QED) is 0.772. The van der Waals surface area contributed by atoms with Crippen molar-refractivity contribution < 1.29 is 14.3 Å². The number of rotatable bonds is 4. The average molecular weight is 312 g/mol. The van der Waals surface area contributed by atoms with Crippen LogP contribution < -0.4 is 0 Å². The van der Waals surface area contributed by atoms with Crippen molar-refractivity contribution >= 4 is 23.6 Å². The number of likely N-dealkylation sites (tertiary alicyclic amines) is 1. The van der Waals surface area contributed by atoms with Crippen LogP contribution in [0.1, 0.15) is 19.3 Å². The maximum atomic E-state index is 12.2. The van der Waals surface area contributed by atoms with Gasteiger partial charge in [0.15, 0.2) is 0 Å². The summed E-state index contributed by atoms with van der Waals surface area (Å²) in [6.07, 6.45) is 3.91.